The fraction of sp³-hybridized carbons (Fsp3) is 0.182. The molecule has 1 fully saturated rings. The highest BCUT2D eigenvalue weighted by atomic mass is 19.1. The van der Waals surface area contributed by atoms with E-state index in [0.717, 1.165) is 11.1 Å². The number of carbonyl (C=O) groups is 2. The average molecular weight is 405 g/mol. The minimum absolute atomic E-state index is 0.150. The first-order valence-electron chi connectivity index (χ1n) is 9.54. The third kappa shape index (κ3) is 4.43. The van der Waals surface area contributed by atoms with Crippen molar-refractivity contribution in [2.75, 3.05) is 18.0 Å². The lowest BCUT2D eigenvalue weighted by atomic mass is 10.2. The summed E-state index contributed by atoms with van der Waals surface area (Å²) >= 11 is 0. The van der Waals surface area contributed by atoms with Gasteiger partial charge in [-0.3, -0.25) is 14.7 Å². The number of anilines is 1. The average Bonchev–Trinajstić information content (AvgIpc) is 3.14. The van der Waals surface area contributed by atoms with Crippen LogP contribution in [-0.2, 0) is 13.1 Å². The molecule has 4 rings (SSSR count). The third-order valence-electron chi connectivity index (χ3n) is 4.87. The van der Waals surface area contributed by atoms with Crippen LogP contribution in [0.1, 0.15) is 21.5 Å². The monoisotopic (exact) mass is 405 g/mol. The topological polar surface area (TPSA) is 78.4 Å². The first-order chi connectivity index (χ1) is 14.6. The van der Waals surface area contributed by atoms with Crippen molar-refractivity contribution in [3.63, 3.8) is 0 Å². The summed E-state index contributed by atoms with van der Waals surface area (Å²) in [5.41, 5.74) is 2.20. The molecular weight excluding hydrogens is 385 g/mol. The molecule has 0 aliphatic carbocycles. The molecule has 0 unspecified atom stereocenters. The van der Waals surface area contributed by atoms with E-state index in [4.69, 9.17) is 0 Å². The van der Waals surface area contributed by atoms with Gasteiger partial charge in [0.25, 0.3) is 5.91 Å². The number of amides is 3. The van der Waals surface area contributed by atoms with E-state index in [-0.39, 0.29) is 24.3 Å². The van der Waals surface area contributed by atoms with Crippen molar-refractivity contribution >= 4 is 17.8 Å². The van der Waals surface area contributed by atoms with Crippen molar-refractivity contribution in [2.45, 2.75) is 13.1 Å². The molecular formula is C22H20FN5O2. The highest BCUT2D eigenvalue weighted by Gasteiger charge is 2.30. The molecule has 1 N–H and O–H groups in total. The van der Waals surface area contributed by atoms with Crippen LogP contribution in [-0.4, -0.2) is 39.9 Å². The van der Waals surface area contributed by atoms with Gasteiger partial charge in [-0.1, -0.05) is 12.1 Å². The summed E-state index contributed by atoms with van der Waals surface area (Å²) in [7, 11) is 0. The SMILES string of the molecule is O=C(NCc1ccc(F)cc1)c1ccnc(N2CCN(Cc3ccncc3)C2=O)c1. The van der Waals surface area contributed by atoms with E-state index in [1.807, 2.05) is 12.1 Å². The van der Waals surface area contributed by atoms with Gasteiger partial charge < -0.3 is 10.2 Å². The molecule has 1 aliphatic rings. The number of urea groups is 1. The Morgan fingerprint density at radius 3 is 2.53 bits per heavy atom. The van der Waals surface area contributed by atoms with Crippen molar-refractivity contribution in [3.05, 3.63) is 89.6 Å². The Balaban J connectivity index is 1.40. The van der Waals surface area contributed by atoms with Gasteiger partial charge in [-0.15, -0.1) is 0 Å². The predicted molar refractivity (Wildman–Crippen MR) is 109 cm³/mol. The molecule has 1 aliphatic heterocycles. The minimum atomic E-state index is -0.322. The fourth-order valence-corrected chi connectivity index (χ4v) is 3.24. The number of rotatable bonds is 6. The smallest absolute Gasteiger partial charge is 0.326 e. The van der Waals surface area contributed by atoms with Crippen molar-refractivity contribution in [1.82, 2.24) is 20.2 Å². The molecule has 0 atom stereocenters. The number of nitrogens with one attached hydrogen (secondary N) is 1. The fourth-order valence-electron chi connectivity index (χ4n) is 3.24. The van der Waals surface area contributed by atoms with Gasteiger partial charge in [0.05, 0.1) is 0 Å². The van der Waals surface area contributed by atoms with Gasteiger partial charge in [0, 0.05) is 50.3 Å². The quantitative estimate of drug-likeness (QED) is 0.684. The zero-order valence-electron chi connectivity index (χ0n) is 16.2. The van der Waals surface area contributed by atoms with Crippen LogP contribution in [0.5, 0.6) is 0 Å². The Morgan fingerprint density at radius 2 is 1.77 bits per heavy atom. The first-order valence-corrected chi connectivity index (χ1v) is 9.54. The van der Waals surface area contributed by atoms with Gasteiger partial charge in [0.15, 0.2) is 0 Å². The Labute approximate surface area is 173 Å². The second-order valence-electron chi connectivity index (χ2n) is 6.92. The Hall–Kier alpha value is -3.81. The molecule has 3 amide bonds. The zero-order valence-corrected chi connectivity index (χ0v) is 16.2. The lowest BCUT2D eigenvalue weighted by Gasteiger charge is -2.18. The van der Waals surface area contributed by atoms with E-state index in [2.05, 4.69) is 15.3 Å². The maximum atomic E-state index is 13.0. The summed E-state index contributed by atoms with van der Waals surface area (Å²) in [4.78, 5) is 36.9. The molecule has 0 saturated carbocycles. The zero-order chi connectivity index (χ0) is 20.9. The van der Waals surface area contributed by atoms with Crippen molar-refractivity contribution in [2.24, 2.45) is 0 Å². The van der Waals surface area contributed by atoms with Gasteiger partial charge in [-0.25, -0.2) is 14.2 Å². The number of carbonyl (C=O) groups excluding carboxylic acids is 2. The number of hydrogen-bond donors (Lipinski definition) is 1. The third-order valence-corrected chi connectivity index (χ3v) is 4.87. The summed E-state index contributed by atoms with van der Waals surface area (Å²) < 4.78 is 13.0. The molecule has 1 aromatic carbocycles. The largest absolute Gasteiger partial charge is 0.348 e. The normalized spacial score (nSPS) is 13.6. The summed E-state index contributed by atoms with van der Waals surface area (Å²) in [6, 6.07) is 12.7. The standard InChI is InChI=1S/C22H20FN5O2/c23-19-3-1-16(2-4-19)14-26-21(29)18-7-10-25-20(13-18)28-12-11-27(22(28)30)15-17-5-8-24-9-6-17/h1-10,13H,11-12,14-15H2,(H,26,29). The number of halogens is 1. The molecule has 3 aromatic rings. The van der Waals surface area contributed by atoms with Crippen LogP contribution in [0.4, 0.5) is 15.0 Å². The van der Waals surface area contributed by atoms with E-state index in [1.165, 1.54) is 18.3 Å². The lowest BCUT2D eigenvalue weighted by molar-refractivity contribution is 0.0950. The van der Waals surface area contributed by atoms with E-state index >= 15 is 0 Å². The maximum absolute atomic E-state index is 13.0. The van der Waals surface area contributed by atoms with E-state index in [9.17, 15) is 14.0 Å². The van der Waals surface area contributed by atoms with Crippen LogP contribution in [0, 0.1) is 5.82 Å². The van der Waals surface area contributed by atoms with Crippen LogP contribution >= 0.6 is 0 Å². The van der Waals surface area contributed by atoms with Crippen LogP contribution in [0.25, 0.3) is 0 Å². The summed E-state index contributed by atoms with van der Waals surface area (Å²) in [5.74, 6) is -0.174. The van der Waals surface area contributed by atoms with Crippen LogP contribution < -0.4 is 10.2 Å². The molecule has 0 bridgehead atoms. The highest BCUT2D eigenvalue weighted by molar-refractivity contribution is 5.97. The van der Waals surface area contributed by atoms with Crippen LogP contribution in [0.2, 0.25) is 0 Å². The summed E-state index contributed by atoms with van der Waals surface area (Å²) in [6.45, 7) is 1.84. The van der Waals surface area contributed by atoms with Crippen molar-refractivity contribution < 1.29 is 14.0 Å². The second kappa shape index (κ2) is 8.69. The van der Waals surface area contributed by atoms with Crippen molar-refractivity contribution in [1.29, 1.82) is 0 Å². The molecule has 0 radical (unpaired) electrons. The second-order valence-corrected chi connectivity index (χ2v) is 6.92. The van der Waals surface area contributed by atoms with E-state index in [0.29, 0.717) is 31.0 Å². The van der Waals surface area contributed by atoms with Crippen molar-refractivity contribution in [3.8, 4) is 0 Å². The van der Waals surface area contributed by atoms with Gasteiger partial charge in [-0.05, 0) is 47.5 Å². The Kier molecular flexibility index (Phi) is 5.65. The Bertz CT molecular complexity index is 1040. The van der Waals surface area contributed by atoms with Gasteiger partial charge in [0.1, 0.15) is 11.6 Å². The maximum Gasteiger partial charge on any atom is 0.326 e. The van der Waals surface area contributed by atoms with E-state index in [1.54, 1.807) is 46.5 Å². The van der Waals surface area contributed by atoms with E-state index < -0.39 is 0 Å². The van der Waals surface area contributed by atoms with Crippen LogP contribution in [0.15, 0.2) is 67.1 Å². The number of hydrogen-bond acceptors (Lipinski definition) is 4. The summed E-state index contributed by atoms with van der Waals surface area (Å²) in [6.07, 6.45) is 4.91. The molecule has 2 aromatic heterocycles. The minimum Gasteiger partial charge on any atom is -0.348 e. The lowest BCUT2D eigenvalue weighted by Crippen LogP contribution is -2.32. The van der Waals surface area contributed by atoms with Gasteiger partial charge >= 0.3 is 6.03 Å². The molecule has 7 nitrogen and oxygen atoms in total. The Morgan fingerprint density at radius 1 is 1.00 bits per heavy atom. The first kappa shape index (κ1) is 19.5. The predicted octanol–water partition coefficient (Wildman–Crippen LogP) is 2.99. The number of aromatic nitrogens is 2. The van der Waals surface area contributed by atoms with Crippen LogP contribution in [0.3, 0.4) is 0 Å². The molecule has 3 heterocycles. The van der Waals surface area contributed by atoms with Gasteiger partial charge in [-0.2, -0.15) is 0 Å². The highest BCUT2D eigenvalue weighted by Crippen LogP contribution is 2.20. The number of nitrogens with zero attached hydrogens (tertiary/aromatic N) is 4. The molecule has 152 valence electrons. The molecule has 1 saturated heterocycles. The number of benzene rings is 1. The summed E-state index contributed by atoms with van der Waals surface area (Å²) in [5, 5.41) is 2.80. The molecule has 0 spiro atoms. The molecule has 30 heavy (non-hydrogen) atoms. The van der Waals surface area contributed by atoms with Gasteiger partial charge in [0.2, 0.25) is 0 Å². The number of pyridine rings is 2. The molecule has 8 heteroatoms.